The van der Waals surface area contributed by atoms with E-state index in [1.807, 2.05) is 37.4 Å². The fourth-order valence-corrected chi connectivity index (χ4v) is 3.16. The van der Waals surface area contributed by atoms with Crippen molar-refractivity contribution in [2.75, 3.05) is 41.3 Å². The zero-order valence-electron chi connectivity index (χ0n) is 15.1. The van der Waals surface area contributed by atoms with Crippen LogP contribution in [0.1, 0.15) is 5.82 Å². The molecule has 7 heteroatoms. The molecule has 0 aliphatic carbocycles. The molecule has 2 aromatic heterocycles. The minimum Gasteiger partial charge on any atom is -0.353 e. The maximum absolute atomic E-state index is 13.1. The zero-order chi connectivity index (χ0) is 18.6. The molecule has 3 heterocycles. The molecule has 0 saturated carbocycles. The maximum atomic E-state index is 13.1. The first-order valence-corrected chi connectivity index (χ1v) is 8.96. The Labute approximate surface area is 157 Å². The summed E-state index contributed by atoms with van der Waals surface area (Å²) in [6.45, 7) is 5.39. The summed E-state index contributed by atoms with van der Waals surface area (Å²) in [6, 6.07) is 14.1. The van der Waals surface area contributed by atoms with E-state index in [-0.39, 0.29) is 5.82 Å². The third kappa shape index (κ3) is 4.13. The summed E-state index contributed by atoms with van der Waals surface area (Å²) in [6.07, 6.45) is 1.82. The molecular formula is C20H21FN6. The van der Waals surface area contributed by atoms with Crippen molar-refractivity contribution >= 4 is 23.1 Å². The number of pyridine rings is 1. The molecule has 1 N–H and O–H groups in total. The van der Waals surface area contributed by atoms with Crippen molar-refractivity contribution in [2.45, 2.75) is 6.92 Å². The van der Waals surface area contributed by atoms with Crippen LogP contribution in [0, 0.1) is 12.7 Å². The number of benzene rings is 1. The molecule has 0 unspecified atom stereocenters. The Morgan fingerprint density at radius 2 is 1.59 bits per heavy atom. The van der Waals surface area contributed by atoms with E-state index >= 15 is 0 Å². The topological polar surface area (TPSA) is 57.2 Å². The Kier molecular flexibility index (Phi) is 4.82. The number of piperazine rings is 1. The van der Waals surface area contributed by atoms with Crippen molar-refractivity contribution in [1.82, 2.24) is 15.0 Å². The highest BCUT2D eigenvalue weighted by molar-refractivity contribution is 5.60. The van der Waals surface area contributed by atoms with E-state index in [9.17, 15) is 4.39 Å². The zero-order valence-corrected chi connectivity index (χ0v) is 15.1. The largest absolute Gasteiger partial charge is 0.353 e. The number of aromatic nitrogens is 3. The number of nitrogens with one attached hydrogen (secondary N) is 1. The molecule has 4 rings (SSSR count). The minimum atomic E-state index is -0.258. The second-order valence-electron chi connectivity index (χ2n) is 6.45. The van der Waals surface area contributed by atoms with Crippen molar-refractivity contribution in [3.05, 3.63) is 66.4 Å². The molecule has 1 saturated heterocycles. The average Bonchev–Trinajstić information content (AvgIpc) is 2.70. The lowest BCUT2D eigenvalue weighted by atomic mass is 10.3. The Bertz CT molecular complexity index is 892. The molecular weight excluding hydrogens is 343 g/mol. The van der Waals surface area contributed by atoms with Crippen LogP contribution in [0.2, 0.25) is 0 Å². The van der Waals surface area contributed by atoms with Crippen LogP contribution in [0.5, 0.6) is 0 Å². The van der Waals surface area contributed by atoms with Crippen LogP contribution in [0.3, 0.4) is 0 Å². The summed E-state index contributed by atoms with van der Waals surface area (Å²) in [5, 5.41) is 3.22. The second kappa shape index (κ2) is 7.57. The van der Waals surface area contributed by atoms with E-state index < -0.39 is 0 Å². The Balaban J connectivity index is 1.46. The van der Waals surface area contributed by atoms with Gasteiger partial charge in [-0.25, -0.2) is 19.3 Å². The summed E-state index contributed by atoms with van der Waals surface area (Å²) in [5.74, 6) is 3.05. The quantitative estimate of drug-likeness (QED) is 0.766. The van der Waals surface area contributed by atoms with Crippen LogP contribution in [-0.2, 0) is 0 Å². The van der Waals surface area contributed by atoms with Gasteiger partial charge in [-0.05, 0) is 43.3 Å². The standard InChI is InChI=1S/C20H21FN6/c1-15-23-18(25-17-7-5-16(21)6-8-17)14-20(24-15)27-12-10-26(11-13-27)19-4-2-3-9-22-19/h2-9,14H,10-13H2,1H3,(H,23,24,25). The van der Waals surface area contributed by atoms with E-state index in [4.69, 9.17) is 0 Å². The van der Waals surface area contributed by atoms with Gasteiger partial charge < -0.3 is 15.1 Å². The summed E-state index contributed by atoms with van der Waals surface area (Å²) in [7, 11) is 0. The van der Waals surface area contributed by atoms with Crippen LogP contribution in [0.15, 0.2) is 54.7 Å². The van der Waals surface area contributed by atoms with Gasteiger partial charge in [0.15, 0.2) is 0 Å². The number of rotatable bonds is 4. The van der Waals surface area contributed by atoms with Crippen LogP contribution in [0.25, 0.3) is 0 Å². The number of halogens is 1. The van der Waals surface area contributed by atoms with E-state index in [0.29, 0.717) is 11.6 Å². The van der Waals surface area contributed by atoms with Crippen molar-refractivity contribution in [2.24, 2.45) is 0 Å². The number of anilines is 4. The molecule has 27 heavy (non-hydrogen) atoms. The first kappa shape index (κ1) is 17.2. The highest BCUT2D eigenvalue weighted by Gasteiger charge is 2.19. The van der Waals surface area contributed by atoms with Crippen molar-refractivity contribution in [3.8, 4) is 0 Å². The van der Waals surface area contributed by atoms with E-state index in [1.54, 1.807) is 12.1 Å². The van der Waals surface area contributed by atoms with Gasteiger partial charge in [0.1, 0.15) is 29.1 Å². The van der Waals surface area contributed by atoms with Gasteiger partial charge in [0.05, 0.1) is 0 Å². The summed E-state index contributed by atoms with van der Waals surface area (Å²) in [4.78, 5) is 18.0. The number of nitrogens with zero attached hydrogens (tertiary/aromatic N) is 5. The predicted molar refractivity (Wildman–Crippen MR) is 105 cm³/mol. The highest BCUT2D eigenvalue weighted by Crippen LogP contribution is 2.22. The van der Waals surface area contributed by atoms with Crippen LogP contribution in [0.4, 0.5) is 27.5 Å². The molecule has 0 atom stereocenters. The predicted octanol–water partition coefficient (Wildman–Crippen LogP) is 3.39. The molecule has 0 amide bonds. The summed E-state index contributed by atoms with van der Waals surface area (Å²) < 4.78 is 13.1. The molecule has 1 aliphatic heterocycles. The molecule has 0 bridgehead atoms. The average molecular weight is 364 g/mol. The first-order chi connectivity index (χ1) is 13.2. The van der Waals surface area contributed by atoms with Gasteiger partial charge >= 0.3 is 0 Å². The number of hydrogen-bond donors (Lipinski definition) is 1. The molecule has 1 aliphatic rings. The second-order valence-corrected chi connectivity index (χ2v) is 6.45. The highest BCUT2D eigenvalue weighted by atomic mass is 19.1. The molecule has 6 nitrogen and oxygen atoms in total. The monoisotopic (exact) mass is 364 g/mol. The lowest BCUT2D eigenvalue weighted by Crippen LogP contribution is -2.47. The van der Waals surface area contributed by atoms with Crippen LogP contribution < -0.4 is 15.1 Å². The summed E-state index contributed by atoms with van der Waals surface area (Å²) in [5.41, 5.74) is 0.792. The molecule has 0 radical (unpaired) electrons. The van der Waals surface area contributed by atoms with Gasteiger partial charge in [0.2, 0.25) is 0 Å². The normalized spacial score (nSPS) is 14.3. The van der Waals surface area contributed by atoms with Crippen LogP contribution in [-0.4, -0.2) is 41.1 Å². The molecule has 0 spiro atoms. The fraction of sp³-hybridized carbons (Fsp3) is 0.250. The van der Waals surface area contributed by atoms with E-state index in [2.05, 4.69) is 30.1 Å². The van der Waals surface area contributed by atoms with E-state index in [0.717, 1.165) is 43.5 Å². The van der Waals surface area contributed by atoms with Crippen LogP contribution >= 0.6 is 0 Å². The number of aryl methyl sites for hydroxylation is 1. The third-order valence-corrected chi connectivity index (χ3v) is 4.52. The molecule has 1 aromatic carbocycles. The smallest absolute Gasteiger partial charge is 0.136 e. The van der Waals surface area contributed by atoms with Crippen molar-refractivity contribution < 1.29 is 4.39 Å². The molecule has 138 valence electrons. The van der Waals surface area contributed by atoms with Crippen molar-refractivity contribution in [3.63, 3.8) is 0 Å². The number of hydrogen-bond acceptors (Lipinski definition) is 6. The summed E-state index contributed by atoms with van der Waals surface area (Å²) >= 11 is 0. The van der Waals surface area contributed by atoms with Gasteiger partial charge in [-0.3, -0.25) is 0 Å². The molecule has 3 aromatic rings. The third-order valence-electron chi connectivity index (χ3n) is 4.52. The SMILES string of the molecule is Cc1nc(Nc2ccc(F)cc2)cc(N2CCN(c3ccccn3)CC2)n1. The lowest BCUT2D eigenvalue weighted by molar-refractivity contribution is 0.628. The fourth-order valence-electron chi connectivity index (χ4n) is 3.16. The van der Waals surface area contributed by atoms with Gasteiger partial charge in [-0.15, -0.1) is 0 Å². The van der Waals surface area contributed by atoms with Gasteiger partial charge in [0, 0.05) is 44.1 Å². The Morgan fingerprint density at radius 1 is 0.889 bits per heavy atom. The van der Waals surface area contributed by atoms with Gasteiger partial charge in [-0.1, -0.05) is 6.07 Å². The Hall–Kier alpha value is -3.22. The first-order valence-electron chi connectivity index (χ1n) is 8.96. The van der Waals surface area contributed by atoms with Gasteiger partial charge in [0.25, 0.3) is 0 Å². The lowest BCUT2D eigenvalue weighted by Gasteiger charge is -2.36. The van der Waals surface area contributed by atoms with Crippen molar-refractivity contribution in [1.29, 1.82) is 0 Å². The Morgan fingerprint density at radius 3 is 2.26 bits per heavy atom. The molecule has 1 fully saturated rings. The maximum Gasteiger partial charge on any atom is 0.136 e. The van der Waals surface area contributed by atoms with Gasteiger partial charge in [-0.2, -0.15) is 0 Å². The van der Waals surface area contributed by atoms with E-state index in [1.165, 1.54) is 12.1 Å². The minimum absolute atomic E-state index is 0.258.